The molecule has 4 rings (SSSR count). The number of benzene rings is 2. The minimum Gasteiger partial charge on any atom is -0.492 e. The number of carbonyl (C=O) groups excluding carboxylic acids is 1. The third kappa shape index (κ3) is 6.86. The van der Waals surface area contributed by atoms with Gasteiger partial charge in [0, 0.05) is 43.0 Å². The van der Waals surface area contributed by atoms with Gasteiger partial charge in [0.05, 0.1) is 41.4 Å². The Kier molecular flexibility index (Phi) is 8.48. The van der Waals surface area contributed by atoms with Gasteiger partial charge >= 0.3 is 12.2 Å². The second kappa shape index (κ2) is 11.6. The number of nitrogens with one attached hydrogen (secondary N) is 2. The molecule has 2 amide bonds. The van der Waals surface area contributed by atoms with E-state index in [-0.39, 0.29) is 5.02 Å². The van der Waals surface area contributed by atoms with Gasteiger partial charge in [0.15, 0.2) is 0 Å². The Bertz CT molecular complexity index is 1240. The van der Waals surface area contributed by atoms with Crippen LogP contribution < -0.4 is 15.4 Å². The van der Waals surface area contributed by atoms with Crippen LogP contribution in [0.2, 0.25) is 10.0 Å². The number of ether oxygens (including phenoxy) is 2. The van der Waals surface area contributed by atoms with E-state index in [1.165, 1.54) is 12.3 Å². The number of halogens is 5. The minimum atomic E-state index is -4.70. The molecule has 2 aromatic carbocycles. The zero-order valence-electron chi connectivity index (χ0n) is 19.7. The summed E-state index contributed by atoms with van der Waals surface area (Å²) in [5.41, 5.74) is -0.0434. The van der Waals surface area contributed by atoms with E-state index >= 15 is 0 Å². The van der Waals surface area contributed by atoms with E-state index in [9.17, 15) is 18.0 Å². The number of carbonyl (C=O) groups is 1. The molecule has 1 aliphatic heterocycles. The van der Waals surface area contributed by atoms with Gasteiger partial charge in [-0.2, -0.15) is 18.3 Å². The molecule has 198 valence electrons. The number of anilines is 2. The maximum Gasteiger partial charge on any atom is 0.418 e. The summed E-state index contributed by atoms with van der Waals surface area (Å²) in [7, 11) is 1.71. The number of hydrogen-bond acceptors (Lipinski definition) is 5. The lowest BCUT2D eigenvalue weighted by Crippen LogP contribution is -2.38. The van der Waals surface area contributed by atoms with Crippen LogP contribution in [0.4, 0.5) is 29.3 Å². The molecule has 0 saturated carbocycles. The summed E-state index contributed by atoms with van der Waals surface area (Å²) in [4.78, 5) is 14.8. The Labute approximate surface area is 221 Å². The first-order valence-corrected chi connectivity index (χ1v) is 12.1. The van der Waals surface area contributed by atoms with Gasteiger partial charge in [0.1, 0.15) is 12.4 Å². The number of aryl methyl sites for hydroxylation is 1. The van der Waals surface area contributed by atoms with Crippen LogP contribution in [0.15, 0.2) is 42.6 Å². The fourth-order valence-electron chi connectivity index (χ4n) is 3.89. The van der Waals surface area contributed by atoms with Crippen molar-refractivity contribution in [2.75, 3.05) is 50.1 Å². The smallest absolute Gasteiger partial charge is 0.418 e. The van der Waals surface area contributed by atoms with Crippen LogP contribution in [0.3, 0.4) is 0 Å². The Morgan fingerprint density at radius 1 is 1.14 bits per heavy atom. The molecule has 0 atom stereocenters. The van der Waals surface area contributed by atoms with Crippen molar-refractivity contribution in [1.82, 2.24) is 14.7 Å². The Hall–Kier alpha value is -2.99. The molecule has 1 saturated heterocycles. The second-order valence-corrected chi connectivity index (χ2v) is 9.09. The third-order valence-corrected chi connectivity index (χ3v) is 6.20. The zero-order valence-corrected chi connectivity index (χ0v) is 21.3. The molecule has 3 aromatic rings. The standard InChI is InChI=1S/C24H24Cl2F3N5O3/c1-33-22(19(26)14-30-33)17-13-16(3-5-21(17)37-11-8-34-6-9-36-10-7-34)31-23(35)32-20-4-2-15(25)12-18(20)24(27,28)29/h2-5,12-14H,6-11H2,1H3,(H2,31,32,35). The van der Waals surface area contributed by atoms with Crippen molar-refractivity contribution in [3.05, 3.63) is 58.2 Å². The Balaban J connectivity index is 1.53. The molecule has 13 heteroatoms. The van der Waals surface area contributed by atoms with E-state index in [4.69, 9.17) is 32.7 Å². The van der Waals surface area contributed by atoms with E-state index in [1.807, 2.05) is 0 Å². The van der Waals surface area contributed by atoms with Crippen molar-refractivity contribution in [3.8, 4) is 17.0 Å². The average Bonchev–Trinajstić information content (AvgIpc) is 3.18. The van der Waals surface area contributed by atoms with Gasteiger partial charge in [0.2, 0.25) is 0 Å². The summed E-state index contributed by atoms with van der Waals surface area (Å²) in [5.74, 6) is 0.516. The lowest BCUT2D eigenvalue weighted by molar-refractivity contribution is -0.136. The highest BCUT2D eigenvalue weighted by Gasteiger charge is 2.34. The number of urea groups is 1. The molecule has 1 aromatic heterocycles. The van der Waals surface area contributed by atoms with Crippen LogP contribution in [0.25, 0.3) is 11.3 Å². The van der Waals surface area contributed by atoms with Crippen LogP contribution in [-0.4, -0.2) is 60.2 Å². The van der Waals surface area contributed by atoms with E-state index in [0.29, 0.717) is 54.1 Å². The van der Waals surface area contributed by atoms with Crippen LogP contribution in [0.5, 0.6) is 5.75 Å². The van der Waals surface area contributed by atoms with Crippen molar-refractivity contribution >= 4 is 40.6 Å². The summed E-state index contributed by atoms with van der Waals surface area (Å²) in [5, 5.41) is 9.23. The maximum absolute atomic E-state index is 13.4. The molecule has 2 heterocycles. The van der Waals surface area contributed by atoms with Crippen molar-refractivity contribution in [1.29, 1.82) is 0 Å². The molecule has 0 radical (unpaired) electrons. The molecule has 37 heavy (non-hydrogen) atoms. The van der Waals surface area contributed by atoms with Gasteiger partial charge in [-0.3, -0.25) is 9.58 Å². The fourth-order valence-corrected chi connectivity index (χ4v) is 4.33. The molecule has 0 bridgehead atoms. The van der Waals surface area contributed by atoms with Crippen LogP contribution in [0, 0.1) is 0 Å². The van der Waals surface area contributed by atoms with Gasteiger partial charge in [-0.15, -0.1) is 0 Å². The monoisotopic (exact) mass is 557 g/mol. The fraction of sp³-hybridized carbons (Fsp3) is 0.333. The first kappa shape index (κ1) is 27.1. The highest BCUT2D eigenvalue weighted by Crippen LogP contribution is 2.38. The second-order valence-electron chi connectivity index (χ2n) is 8.24. The maximum atomic E-state index is 13.4. The van der Waals surface area contributed by atoms with E-state index in [1.54, 1.807) is 29.9 Å². The van der Waals surface area contributed by atoms with E-state index in [0.717, 1.165) is 25.2 Å². The summed E-state index contributed by atoms with van der Waals surface area (Å²) in [6, 6.07) is 7.12. The molecule has 1 fully saturated rings. The molecule has 2 N–H and O–H groups in total. The van der Waals surface area contributed by atoms with Gasteiger partial charge in [0.25, 0.3) is 0 Å². The molecule has 0 spiro atoms. The number of morpholine rings is 1. The van der Waals surface area contributed by atoms with Gasteiger partial charge < -0.3 is 20.1 Å². The predicted octanol–water partition coefficient (Wildman–Crippen LogP) is 5.77. The largest absolute Gasteiger partial charge is 0.492 e. The lowest BCUT2D eigenvalue weighted by Gasteiger charge is -2.26. The number of hydrogen-bond donors (Lipinski definition) is 2. The van der Waals surface area contributed by atoms with Crippen molar-refractivity contribution in [2.24, 2.45) is 7.05 Å². The summed E-state index contributed by atoms with van der Waals surface area (Å²) in [6.07, 6.45) is -3.21. The van der Waals surface area contributed by atoms with Gasteiger partial charge in [-0.1, -0.05) is 23.2 Å². The van der Waals surface area contributed by atoms with E-state index in [2.05, 4.69) is 20.6 Å². The molecule has 0 aliphatic carbocycles. The average molecular weight is 558 g/mol. The van der Waals surface area contributed by atoms with Crippen LogP contribution >= 0.6 is 23.2 Å². The lowest BCUT2D eigenvalue weighted by atomic mass is 10.1. The Morgan fingerprint density at radius 3 is 2.57 bits per heavy atom. The van der Waals surface area contributed by atoms with Crippen LogP contribution in [-0.2, 0) is 18.0 Å². The highest BCUT2D eigenvalue weighted by molar-refractivity contribution is 6.33. The molecular formula is C24H24Cl2F3N5O3. The van der Waals surface area contributed by atoms with Crippen LogP contribution in [0.1, 0.15) is 5.56 Å². The zero-order chi connectivity index (χ0) is 26.6. The summed E-state index contributed by atoms with van der Waals surface area (Å²) < 4.78 is 53.1. The first-order chi connectivity index (χ1) is 17.6. The summed E-state index contributed by atoms with van der Waals surface area (Å²) in [6.45, 7) is 4.12. The number of amides is 2. The van der Waals surface area contributed by atoms with Gasteiger partial charge in [-0.05, 0) is 36.4 Å². The molecule has 0 unspecified atom stereocenters. The normalized spacial score (nSPS) is 14.4. The van der Waals surface area contributed by atoms with Crippen molar-refractivity contribution in [3.63, 3.8) is 0 Å². The molecule has 8 nitrogen and oxygen atoms in total. The van der Waals surface area contributed by atoms with Gasteiger partial charge in [-0.25, -0.2) is 4.79 Å². The number of nitrogens with zero attached hydrogens (tertiary/aromatic N) is 3. The number of alkyl halides is 3. The number of aromatic nitrogens is 2. The molecule has 1 aliphatic rings. The summed E-state index contributed by atoms with van der Waals surface area (Å²) >= 11 is 12.1. The highest BCUT2D eigenvalue weighted by atomic mass is 35.5. The molecular weight excluding hydrogens is 534 g/mol. The van der Waals surface area contributed by atoms with E-state index < -0.39 is 23.5 Å². The third-order valence-electron chi connectivity index (χ3n) is 5.69. The number of rotatable bonds is 7. The first-order valence-electron chi connectivity index (χ1n) is 11.3. The van der Waals surface area contributed by atoms with Crippen molar-refractivity contribution < 1.29 is 27.4 Å². The SMILES string of the molecule is Cn1ncc(Cl)c1-c1cc(NC(=O)Nc2ccc(Cl)cc2C(F)(F)F)ccc1OCCN1CCOCC1. The minimum absolute atomic E-state index is 0.0970. The van der Waals surface area contributed by atoms with Crippen molar-refractivity contribution in [2.45, 2.75) is 6.18 Å². The quantitative estimate of drug-likeness (QED) is 0.385. The topological polar surface area (TPSA) is 80.7 Å². The predicted molar refractivity (Wildman–Crippen MR) is 136 cm³/mol. The Morgan fingerprint density at radius 2 is 1.89 bits per heavy atom.